The van der Waals surface area contributed by atoms with Gasteiger partial charge >= 0.3 is 5.97 Å². The lowest BCUT2D eigenvalue weighted by molar-refractivity contribution is -0.143. The Balaban J connectivity index is 1.92. The van der Waals surface area contributed by atoms with Crippen LogP contribution in [0.5, 0.6) is 0 Å². The predicted molar refractivity (Wildman–Crippen MR) is 66.3 cm³/mol. The van der Waals surface area contributed by atoms with Gasteiger partial charge in [0.15, 0.2) is 0 Å². The topological polar surface area (TPSA) is 66.6 Å². The number of piperidine rings is 1. The standard InChI is InChI=1S/C13H15N3O2/c17-13(18)9-4-5-14-10(7-9)11-8-15-12-3-1-2-6-16(11)12/h1-3,6,8-10,14H,4-5,7H2,(H,17,18). The summed E-state index contributed by atoms with van der Waals surface area (Å²) < 4.78 is 2.02. The Hall–Kier alpha value is -1.88. The number of nitrogens with one attached hydrogen (secondary N) is 1. The fourth-order valence-corrected chi connectivity index (χ4v) is 2.58. The molecule has 1 aliphatic rings. The lowest BCUT2D eigenvalue weighted by Gasteiger charge is -2.27. The molecule has 5 nitrogen and oxygen atoms in total. The zero-order valence-electron chi connectivity index (χ0n) is 9.91. The summed E-state index contributed by atoms with van der Waals surface area (Å²) >= 11 is 0. The summed E-state index contributed by atoms with van der Waals surface area (Å²) in [5.74, 6) is -0.958. The summed E-state index contributed by atoms with van der Waals surface area (Å²) in [7, 11) is 0. The molecule has 18 heavy (non-hydrogen) atoms. The predicted octanol–water partition coefficient (Wildman–Crippen LogP) is 1.46. The SMILES string of the molecule is O=C(O)C1CCNC(c2cnc3ccccn23)C1. The zero-order valence-corrected chi connectivity index (χ0v) is 9.91. The molecule has 94 valence electrons. The van der Waals surface area contributed by atoms with Crippen LogP contribution in [-0.4, -0.2) is 27.0 Å². The number of carbonyl (C=O) groups is 1. The first kappa shape index (κ1) is 11.2. The largest absolute Gasteiger partial charge is 0.481 e. The number of hydrogen-bond acceptors (Lipinski definition) is 3. The molecule has 3 rings (SSSR count). The third-order valence-corrected chi connectivity index (χ3v) is 3.56. The molecule has 0 bridgehead atoms. The van der Waals surface area contributed by atoms with Crippen molar-refractivity contribution in [2.24, 2.45) is 5.92 Å². The molecule has 0 saturated carbocycles. The quantitative estimate of drug-likeness (QED) is 0.840. The summed E-state index contributed by atoms with van der Waals surface area (Å²) in [6.07, 6.45) is 5.11. The van der Waals surface area contributed by atoms with Gasteiger partial charge in [-0.05, 0) is 31.5 Å². The van der Waals surface area contributed by atoms with Crippen LogP contribution in [0.4, 0.5) is 0 Å². The van der Waals surface area contributed by atoms with Crippen molar-refractivity contribution in [3.05, 3.63) is 36.3 Å². The normalized spacial score (nSPS) is 24.2. The minimum atomic E-state index is -0.699. The number of carboxylic acids is 1. The molecule has 2 unspecified atom stereocenters. The van der Waals surface area contributed by atoms with Crippen LogP contribution in [-0.2, 0) is 4.79 Å². The minimum Gasteiger partial charge on any atom is -0.481 e. The summed E-state index contributed by atoms with van der Waals surface area (Å²) in [6, 6.07) is 5.91. The number of nitrogens with zero attached hydrogens (tertiary/aromatic N) is 2. The number of imidazole rings is 1. The van der Waals surface area contributed by atoms with Crippen LogP contribution < -0.4 is 5.32 Å². The molecule has 2 aromatic heterocycles. The first-order valence-corrected chi connectivity index (χ1v) is 6.14. The van der Waals surface area contributed by atoms with Crippen LogP contribution in [0.15, 0.2) is 30.6 Å². The summed E-state index contributed by atoms with van der Waals surface area (Å²) in [6.45, 7) is 0.738. The number of pyridine rings is 1. The van der Waals surface area contributed by atoms with Gasteiger partial charge in [0.25, 0.3) is 0 Å². The number of carboxylic acid groups (broad SMARTS) is 1. The second kappa shape index (κ2) is 4.42. The van der Waals surface area contributed by atoms with Crippen molar-refractivity contribution >= 4 is 11.6 Å². The van der Waals surface area contributed by atoms with Gasteiger partial charge < -0.3 is 14.8 Å². The van der Waals surface area contributed by atoms with Crippen molar-refractivity contribution in [2.45, 2.75) is 18.9 Å². The van der Waals surface area contributed by atoms with Crippen LogP contribution in [0.2, 0.25) is 0 Å². The van der Waals surface area contributed by atoms with E-state index in [2.05, 4.69) is 10.3 Å². The maximum Gasteiger partial charge on any atom is 0.306 e. The molecule has 2 N–H and O–H groups in total. The lowest BCUT2D eigenvalue weighted by atomic mass is 9.91. The average molecular weight is 245 g/mol. The average Bonchev–Trinajstić information content (AvgIpc) is 2.82. The smallest absolute Gasteiger partial charge is 0.306 e. The minimum absolute atomic E-state index is 0.0669. The second-order valence-corrected chi connectivity index (χ2v) is 4.68. The highest BCUT2D eigenvalue weighted by Crippen LogP contribution is 2.27. The fraction of sp³-hybridized carbons (Fsp3) is 0.385. The second-order valence-electron chi connectivity index (χ2n) is 4.68. The fourth-order valence-electron chi connectivity index (χ4n) is 2.58. The van der Waals surface area contributed by atoms with E-state index < -0.39 is 5.97 Å². The highest BCUT2D eigenvalue weighted by Gasteiger charge is 2.28. The maximum absolute atomic E-state index is 11.1. The molecular formula is C13H15N3O2. The van der Waals surface area contributed by atoms with Crippen molar-refractivity contribution in [2.75, 3.05) is 6.54 Å². The van der Waals surface area contributed by atoms with E-state index in [1.54, 1.807) is 0 Å². The third kappa shape index (κ3) is 1.86. The van der Waals surface area contributed by atoms with Crippen LogP contribution in [0.3, 0.4) is 0 Å². The molecule has 1 fully saturated rings. The van der Waals surface area contributed by atoms with E-state index in [1.165, 1.54) is 0 Å². The zero-order chi connectivity index (χ0) is 12.5. The van der Waals surface area contributed by atoms with Crippen molar-refractivity contribution < 1.29 is 9.90 Å². The van der Waals surface area contributed by atoms with E-state index in [-0.39, 0.29) is 12.0 Å². The molecule has 2 aromatic rings. The molecule has 0 aromatic carbocycles. The molecule has 0 aliphatic carbocycles. The van der Waals surface area contributed by atoms with Crippen molar-refractivity contribution in [1.29, 1.82) is 0 Å². The van der Waals surface area contributed by atoms with Gasteiger partial charge in [-0.2, -0.15) is 0 Å². The molecule has 0 amide bonds. The van der Waals surface area contributed by atoms with Gasteiger partial charge in [-0.15, -0.1) is 0 Å². The van der Waals surface area contributed by atoms with Crippen molar-refractivity contribution in [1.82, 2.24) is 14.7 Å². The summed E-state index contributed by atoms with van der Waals surface area (Å²) in [4.78, 5) is 15.4. The molecular weight excluding hydrogens is 230 g/mol. The Bertz CT molecular complexity index is 578. The number of fused-ring (bicyclic) bond motifs is 1. The lowest BCUT2D eigenvalue weighted by Crippen LogP contribution is -2.35. The molecule has 1 saturated heterocycles. The van der Waals surface area contributed by atoms with E-state index in [0.717, 1.165) is 17.9 Å². The van der Waals surface area contributed by atoms with E-state index in [4.69, 9.17) is 5.11 Å². The van der Waals surface area contributed by atoms with Gasteiger partial charge in [-0.25, -0.2) is 4.98 Å². The monoisotopic (exact) mass is 245 g/mol. The number of aromatic nitrogens is 2. The maximum atomic E-state index is 11.1. The summed E-state index contributed by atoms with van der Waals surface area (Å²) in [5, 5.41) is 12.5. The Morgan fingerprint density at radius 3 is 3.22 bits per heavy atom. The molecule has 3 heterocycles. The highest BCUT2D eigenvalue weighted by molar-refractivity contribution is 5.70. The molecule has 2 atom stereocenters. The van der Waals surface area contributed by atoms with E-state index in [0.29, 0.717) is 12.8 Å². The Morgan fingerprint density at radius 2 is 2.39 bits per heavy atom. The van der Waals surface area contributed by atoms with Crippen LogP contribution in [0.25, 0.3) is 5.65 Å². The van der Waals surface area contributed by atoms with Crippen molar-refractivity contribution in [3.63, 3.8) is 0 Å². The van der Waals surface area contributed by atoms with Crippen molar-refractivity contribution in [3.8, 4) is 0 Å². The first-order valence-electron chi connectivity index (χ1n) is 6.14. The number of rotatable bonds is 2. The van der Waals surface area contributed by atoms with Crippen LogP contribution in [0, 0.1) is 5.92 Å². The molecule has 5 heteroatoms. The van der Waals surface area contributed by atoms with Gasteiger partial charge in [0, 0.05) is 6.20 Å². The van der Waals surface area contributed by atoms with Gasteiger partial charge in [0.05, 0.1) is 23.9 Å². The highest BCUT2D eigenvalue weighted by atomic mass is 16.4. The van der Waals surface area contributed by atoms with E-state index >= 15 is 0 Å². The van der Waals surface area contributed by atoms with E-state index in [1.807, 2.05) is 35.0 Å². The van der Waals surface area contributed by atoms with Gasteiger partial charge in [0.2, 0.25) is 0 Å². The van der Waals surface area contributed by atoms with Crippen LogP contribution >= 0.6 is 0 Å². The Kier molecular flexibility index (Phi) is 2.76. The molecule has 1 aliphatic heterocycles. The number of hydrogen-bond donors (Lipinski definition) is 2. The molecule has 0 radical (unpaired) electrons. The van der Waals surface area contributed by atoms with Gasteiger partial charge in [0.1, 0.15) is 5.65 Å². The van der Waals surface area contributed by atoms with E-state index in [9.17, 15) is 4.79 Å². The number of aliphatic carboxylic acids is 1. The molecule has 0 spiro atoms. The first-order chi connectivity index (χ1) is 8.75. The Morgan fingerprint density at radius 1 is 1.50 bits per heavy atom. The van der Waals surface area contributed by atoms with Crippen LogP contribution in [0.1, 0.15) is 24.6 Å². The third-order valence-electron chi connectivity index (χ3n) is 3.56. The van der Waals surface area contributed by atoms with Gasteiger partial charge in [-0.1, -0.05) is 6.07 Å². The Labute approximate surface area is 104 Å². The van der Waals surface area contributed by atoms with Gasteiger partial charge in [-0.3, -0.25) is 4.79 Å². The summed E-state index contributed by atoms with van der Waals surface area (Å²) in [5.41, 5.74) is 1.93.